The highest BCUT2D eigenvalue weighted by Gasteiger charge is 2.08. The van der Waals surface area contributed by atoms with Crippen molar-refractivity contribution < 1.29 is 13.6 Å². The van der Waals surface area contributed by atoms with Gasteiger partial charge in [-0.15, -0.1) is 11.3 Å². The molecular weight excluding hydrogens is 385 g/mol. The number of nitrogens with one attached hydrogen (secondary N) is 1. The average molecular weight is 397 g/mol. The Bertz CT molecular complexity index is 1090. The summed E-state index contributed by atoms with van der Waals surface area (Å²) in [6.07, 6.45) is 1.41. The number of amides is 1. The van der Waals surface area contributed by atoms with Gasteiger partial charge in [0.1, 0.15) is 11.6 Å². The summed E-state index contributed by atoms with van der Waals surface area (Å²) in [5, 5.41) is 4.54. The maximum absolute atomic E-state index is 12.9. The fourth-order valence-electron chi connectivity index (χ4n) is 2.26. The van der Waals surface area contributed by atoms with Crippen LogP contribution in [-0.2, 0) is 0 Å². The molecule has 8 heteroatoms. The molecule has 0 unspecified atom stereocenters. The Morgan fingerprint density at radius 3 is 2.78 bits per heavy atom. The highest BCUT2D eigenvalue weighted by Crippen LogP contribution is 2.34. The Labute approximate surface area is 161 Å². The molecule has 0 fully saturated rings. The summed E-state index contributed by atoms with van der Waals surface area (Å²) in [5.74, 6) is -0.330. The lowest BCUT2D eigenvalue weighted by Gasteiger charge is -1.98. The molecule has 1 amide bonds. The number of benzene rings is 2. The van der Waals surface area contributed by atoms with Crippen LogP contribution in [0.4, 0.5) is 4.39 Å². The van der Waals surface area contributed by atoms with Gasteiger partial charge < -0.3 is 4.42 Å². The SMILES string of the molecule is O=C(NN=Cc1ccc(Sc2nc3ccccc3s2)o1)c1ccc(F)cc1. The second-order valence-corrected chi connectivity index (χ2v) is 7.69. The Kier molecular flexibility index (Phi) is 4.99. The van der Waals surface area contributed by atoms with E-state index in [0.29, 0.717) is 16.4 Å². The molecule has 27 heavy (non-hydrogen) atoms. The summed E-state index contributed by atoms with van der Waals surface area (Å²) in [6.45, 7) is 0. The molecule has 0 bridgehead atoms. The molecule has 0 spiro atoms. The Morgan fingerprint density at radius 1 is 1.15 bits per heavy atom. The Balaban J connectivity index is 1.38. The molecule has 0 radical (unpaired) electrons. The molecule has 0 aliphatic heterocycles. The number of fused-ring (bicyclic) bond motifs is 1. The van der Waals surface area contributed by atoms with Crippen molar-refractivity contribution in [1.82, 2.24) is 10.4 Å². The number of carbonyl (C=O) groups is 1. The zero-order valence-electron chi connectivity index (χ0n) is 13.8. The van der Waals surface area contributed by atoms with Crippen molar-refractivity contribution in [3.8, 4) is 0 Å². The largest absolute Gasteiger partial charge is 0.448 e. The van der Waals surface area contributed by atoms with Gasteiger partial charge in [0.25, 0.3) is 5.91 Å². The molecule has 4 rings (SSSR count). The van der Waals surface area contributed by atoms with Crippen LogP contribution in [0.3, 0.4) is 0 Å². The quantitative estimate of drug-likeness (QED) is 0.382. The third-order valence-corrected chi connectivity index (χ3v) is 5.55. The summed E-state index contributed by atoms with van der Waals surface area (Å²) in [7, 11) is 0. The number of hydrazone groups is 1. The van der Waals surface area contributed by atoms with Crippen molar-refractivity contribution in [2.75, 3.05) is 0 Å². The van der Waals surface area contributed by atoms with E-state index < -0.39 is 11.7 Å². The minimum absolute atomic E-state index is 0.320. The fraction of sp³-hybridized carbons (Fsp3) is 0. The van der Waals surface area contributed by atoms with E-state index in [9.17, 15) is 9.18 Å². The number of hydrogen-bond acceptors (Lipinski definition) is 6. The Morgan fingerprint density at radius 2 is 1.96 bits per heavy atom. The van der Waals surface area contributed by atoms with E-state index in [1.165, 1.54) is 42.2 Å². The smallest absolute Gasteiger partial charge is 0.271 e. The van der Waals surface area contributed by atoms with Crippen molar-refractivity contribution in [3.05, 3.63) is 77.8 Å². The minimum atomic E-state index is -0.429. The maximum atomic E-state index is 12.9. The molecule has 1 N–H and O–H groups in total. The zero-order valence-corrected chi connectivity index (χ0v) is 15.4. The lowest BCUT2D eigenvalue weighted by atomic mass is 10.2. The van der Waals surface area contributed by atoms with Crippen LogP contribution in [0.15, 0.2) is 79.6 Å². The van der Waals surface area contributed by atoms with Gasteiger partial charge in [-0.3, -0.25) is 4.79 Å². The first-order valence-corrected chi connectivity index (χ1v) is 9.53. The van der Waals surface area contributed by atoms with Crippen LogP contribution in [0.2, 0.25) is 0 Å². The van der Waals surface area contributed by atoms with Crippen LogP contribution in [0, 0.1) is 5.82 Å². The lowest BCUT2D eigenvalue weighted by Crippen LogP contribution is -2.17. The Hall–Kier alpha value is -2.97. The number of hydrogen-bond donors (Lipinski definition) is 1. The number of thiazole rings is 1. The first kappa shape index (κ1) is 17.4. The second kappa shape index (κ2) is 7.73. The van der Waals surface area contributed by atoms with Gasteiger partial charge in [-0.25, -0.2) is 14.8 Å². The van der Waals surface area contributed by atoms with E-state index in [-0.39, 0.29) is 0 Å². The molecule has 2 aromatic heterocycles. The van der Waals surface area contributed by atoms with E-state index in [0.717, 1.165) is 14.6 Å². The maximum Gasteiger partial charge on any atom is 0.271 e. The van der Waals surface area contributed by atoms with Crippen LogP contribution in [0.5, 0.6) is 0 Å². The fourth-order valence-corrected chi connectivity index (χ4v) is 4.23. The molecule has 0 saturated heterocycles. The van der Waals surface area contributed by atoms with Crippen LogP contribution in [-0.4, -0.2) is 17.1 Å². The first-order valence-electron chi connectivity index (χ1n) is 7.89. The predicted molar refractivity (Wildman–Crippen MR) is 104 cm³/mol. The van der Waals surface area contributed by atoms with Crippen LogP contribution >= 0.6 is 23.1 Å². The summed E-state index contributed by atoms with van der Waals surface area (Å²) >= 11 is 3.02. The number of rotatable bonds is 5. The van der Waals surface area contributed by atoms with E-state index >= 15 is 0 Å². The highest BCUT2D eigenvalue weighted by molar-refractivity contribution is 8.01. The van der Waals surface area contributed by atoms with Crippen molar-refractivity contribution in [2.24, 2.45) is 5.10 Å². The van der Waals surface area contributed by atoms with Crippen molar-refractivity contribution >= 4 is 45.4 Å². The highest BCUT2D eigenvalue weighted by atomic mass is 32.2. The lowest BCUT2D eigenvalue weighted by molar-refractivity contribution is 0.0955. The molecule has 0 saturated carbocycles. The minimum Gasteiger partial charge on any atom is -0.448 e. The summed E-state index contributed by atoms with van der Waals surface area (Å²) < 4.78 is 20.5. The number of aromatic nitrogens is 1. The summed E-state index contributed by atoms with van der Waals surface area (Å²) in [5.41, 5.74) is 3.65. The van der Waals surface area contributed by atoms with Crippen molar-refractivity contribution in [3.63, 3.8) is 0 Å². The molecule has 134 valence electrons. The van der Waals surface area contributed by atoms with E-state index in [2.05, 4.69) is 15.5 Å². The van der Waals surface area contributed by atoms with Gasteiger partial charge in [0.15, 0.2) is 9.43 Å². The number of halogens is 1. The van der Waals surface area contributed by atoms with E-state index in [4.69, 9.17) is 4.42 Å². The zero-order chi connectivity index (χ0) is 18.6. The summed E-state index contributed by atoms with van der Waals surface area (Å²) in [4.78, 5) is 16.4. The van der Waals surface area contributed by atoms with Gasteiger partial charge in [-0.1, -0.05) is 12.1 Å². The van der Waals surface area contributed by atoms with Crippen molar-refractivity contribution in [2.45, 2.75) is 9.43 Å². The summed E-state index contributed by atoms with van der Waals surface area (Å²) in [6, 6.07) is 16.7. The van der Waals surface area contributed by atoms with Gasteiger partial charge in [-0.05, 0) is 60.3 Å². The topological polar surface area (TPSA) is 67.5 Å². The number of carbonyl (C=O) groups excluding carboxylic acids is 1. The third kappa shape index (κ3) is 4.24. The predicted octanol–water partition coefficient (Wildman–Crippen LogP) is 4.94. The third-order valence-electron chi connectivity index (χ3n) is 3.53. The number of para-hydroxylation sites is 1. The molecule has 0 aliphatic carbocycles. The monoisotopic (exact) mass is 397 g/mol. The van der Waals surface area contributed by atoms with Gasteiger partial charge in [0.05, 0.1) is 16.4 Å². The first-order chi connectivity index (χ1) is 13.2. The molecule has 4 aromatic rings. The molecule has 0 atom stereocenters. The van der Waals surface area contributed by atoms with E-state index in [1.54, 1.807) is 17.4 Å². The normalized spacial score (nSPS) is 11.3. The van der Waals surface area contributed by atoms with Crippen molar-refractivity contribution in [1.29, 1.82) is 0 Å². The number of nitrogens with zero attached hydrogens (tertiary/aromatic N) is 2. The molecule has 2 heterocycles. The van der Waals surface area contributed by atoms with Crippen LogP contribution in [0.25, 0.3) is 10.2 Å². The molecule has 0 aliphatic rings. The van der Waals surface area contributed by atoms with Crippen LogP contribution < -0.4 is 5.43 Å². The standard InChI is InChI=1S/C19H12FN3O2S2/c20-13-7-5-12(6-8-13)18(24)23-21-11-14-9-10-17(25-14)27-19-22-15-3-1-2-4-16(15)26-19/h1-11H,(H,23,24). The van der Waals surface area contributed by atoms with Gasteiger partial charge in [0.2, 0.25) is 0 Å². The van der Waals surface area contributed by atoms with Gasteiger partial charge in [-0.2, -0.15) is 5.10 Å². The second-order valence-electron chi connectivity index (χ2n) is 5.41. The molecule has 2 aromatic carbocycles. The van der Waals surface area contributed by atoms with Gasteiger partial charge >= 0.3 is 0 Å². The van der Waals surface area contributed by atoms with Gasteiger partial charge in [0, 0.05) is 5.56 Å². The molecule has 5 nitrogen and oxygen atoms in total. The van der Waals surface area contributed by atoms with Crippen LogP contribution in [0.1, 0.15) is 16.1 Å². The average Bonchev–Trinajstić information content (AvgIpc) is 3.28. The molecular formula is C19H12FN3O2S2. The number of furan rings is 1. The van der Waals surface area contributed by atoms with E-state index in [1.807, 2.05) is 30.3 Å².